The van der Waals surface area contributed by atoms with E-state index in [9.17, 15) is 14.4 Å². The summed E-state index contributed by atoms with van der Waals surface area (Å²) in [7, 11) is 1.57. The van der Waals surface area contributed by atoms with E-state index < -0.39 is 5.60 Å². The molecule has 8 nitrogen and oxygen atoms in total. The summed E-state index contributed by atoms with van der Waals surface area (Å²) in [5.74, 6) is 0.365. The summed E-state index contributed by atoms with van der Waals surface area (Å²) in [6, 6.07) is 13.4. The molecule has 2 aromatic carbocycles. The van der Waals surface area contributed by atoms with Crippen LogP contribution in [0, 0.1) is 11.8 Å². The Kier molecular flexibility index (Phi) is 5.93. The molecule has 2 N–H and O–H groups in total. The molecule has 2 fully saturated rings. The van der Waals surface area contributed by atoms with Crippen LogP contribution < -0.4 is 15.4 Å². The summed E-state index contributed by atoms with van der Waals surface area (Å²) in [5, 5.41) is 5.79. The minimum absolute atomic E-state index is 0.00740. The molecule has 1 aliphatic carbocycles. The van der Waals surface area contributed by atoms with Crippen LogP contribution in [-0.4, -0.2) is 60.7 Å². The van der Waals surface area contributed by atoms with Crippen molar-refractivity contribution in [1.29, 1.82) is 0 Å². The lowest BCUT2D eigenvalue weighted by Crippen LogP contribution is -2.40. The number of nitrogens with zero attached hydrogens (tertiary/aromatic N) is 1. The number of benzene rings is 2. The fourth-order valence-electron chi connectivity index (χ4n) is 5.52. The zero-order chi connectivity index (χ0) is 25.8. The second kappa shape index (κ2) is 8.84. The molecule has 2 aliphatic heterocycles. The third kappa shape index (κ3) is 4.40. The number of piperidine rings is 1. The van der Waals surface area contributed by atoms with Gasteiger partial charge in [-0.1, -0.05) is 30.3 Å². The predicted molar refractivity (Wildman–Crippen MR) is 134 cm³/mol. The molecule has 5 atom stereocenters. The van der Waals surface area contributed by atoms with E-state index in [0.717, 1.165) is 11.1 Å². The van der Waals surface area contributed by atoms with E-state index in [4.69, 9.17) is 9.47 Å². The van der Waals surface area contributed by atoms with Gasteiger partial charge in [-0.15, -0.1) is 0 Å². The molecule has 0 unspecified atom stereocenters. The summed E-state index contributed by atoms with van der Waals surface area (Å²) >= 11 is 0. The topological polar surface area (TPSA) is 97.0 Å². The first kappa shape index (κ1) is 24.2. The van der Waals surface area contributed by atoms with Crippen LogP contribution in [0.15, 0.2) is 42.5 Å². The molecule has 0 bridgehead atoms. The Morgan fingerprint density at radius 2 is 1.69 bits per heavy atom. The lowest BCUT2D eigenvalue weighted by Gasteiger charge is -2.26. The number of nitrogens with one attached hydrogen (secondary N) is 2. The summed E-state index contributed by atoms with van der Waals surface area (Å²) in [5.41, 5.74) is 2.17. The summed E-state index contributed by atoms with van der Waals surface area (Å²) in [4.78, 5) is 40.1. The van der Waals surface area contributed by atoms with E-state index in [1.165, 1.54) is 0 Å². The summed E-state index contributed by atoms with van der Waals surface area (Å²) in [6.07, 6.45) is -0.486. The van der Waals surface area contributed by atoms with Gasteiger partial charge in [0.05, 0.1) is 5.56 Å². The van der Waals surface area contributed by atoms with Crippen LogP contribution in [-0.2, 0) is 4.74 Å². The molecule has 0 radical (unpaired) electrons. The Balaban J connectivity index is 1.34. The van der Waals surface area contributed by atoms with E-state index in [0.29, 0.717) is 30.0 Å². The van der Waals surface area contributed by atoms with E-state index in [1.54, 1.807) is 18.0 Å². The Morgan fingerprint density at radius 3 is 2.31 bits per heavy atom. The van der Waals surface area contributed by atoms with Gasteiger partial charge in [0.2, 0.25) is 0 Å². The molecule has 8 heteroatoms. The lowest BCUT2D eigenvalue weighted by atomic mass is 9.87. The van der Waals surface area contributed by atoms with Crippen LogP contribution in [0.25, 0.3) is 0 Å². The highest BCUT2D eigenvalue weighted by atomic mass is 16.6. The van der Waals surface area contributed by atoms with E-state index in [-0.39, 0.29) is 47.8 Å². The number of ether oxygens (including phenoxy) is 2. The number of hydrogen-bond acceptors (Lipinski definition) is 5. The Labute approximate surface area is 211 Å². The first-order chi connectivity index (χ1) is 17.1. The average molecular weight is 492 g/mol. The van der Waals surface area contributed by atoms with Crippen LogP contribution >= 0.6 is 0 Å². The Bertz CT molecular complexity index is 1190. The lowest BCUT2D eigenvalue weighted by molar-refractivity contribution is 0.0269. The molecule has 2 aromatic rings. The third-order valence-electron chi connectivity index (χ3n) is 7.26. The Hall–Kier alpha value is -3.55. The number of fused-ring (bicyclic) bond motifs is 2. The molecule has 1 saturated heterocycles. The summed E-state index contributed by atoms with van der Waals surface area (Å²) in [6.45, 7) is 8.67. The highest BCUT2D eigenvalue weighted by molar-refractivity contribution is 6.02. The maximum Gasteiger partial charge on any atom is 0.410 e. The fraction of sp³-hybridized carbons (Fsp3) is 0.464. The van der Waals surface area contributed by atoms with Gasteiger partial charge in [0, 0.05) is 55.1 Å². The molecule has 3 aliphatic rings. The molecule has 190 valence electrons. The van der Waals surface area contributed by atoms with E-state index in [2.05, 4.69) is 10.6 Å². The van der Waals surface area contributed by atoms with Crippen molar-refractivity contribution in [2.75, 3.05) is 20.1 Å². The standard InChI is InChI=1S/C28H33N3O5/c1-15-22(16-9-7-6-8-10-16)18-11-17(12-19(24(18)35-15)26(33)29-5)25(32)30-23-20-13-31(14-21(20)23)27(34)36-28(2,3)4/h6-12,15,20-23H,13-14H2,1-5H3,(H,29,33)(H,30,32)/t15-,20-,21+,22+,23-/m1/s1. The normalized spacial score (nSPS) is 25.9. The molecular formula is C28H33N3O5. The van der Waals surface area contributed by atoms with Gasteiger partial charge >= 0.3 is 6.09 Å². The van der Waals surface area contributed by atoms with Crippen LogP contribution in [0.3, 0.4) is 0 Å². The second-order valence-corrected chi connectivity index (χ2v) is 10.9. The van der Waals surface area contributed by atoms with E-state index >= 15 is 0 Å². The first-order valence-electron chi connectivity index (χ1n) is 12.5. The third-order valence-corrected chi connectivity index (χ3v) is 7.26. The number of amides is 3. The molecule has 1 saturated carbocycles. The highest BCUT2D eigenvalue weighted by Gasteiger charge is 2.58. The minimum Gasteiger partial charge on any atom is -0.489 e. The first-order valence-corrected chi connectivity index (χ1v) is 12.5. The SMILES string of the molecule is CNC(=O)c1cc(C(=O)N[C@@H]2[C@@H]3CN(C(=O)OC(C)(C)C)C[C@@H]32)cc2c1O[C@H](C)[C@H]2c1ccccc1. The average Bonchev–Trinajstić information content (AvgIpc) is 3.15. The van der Waals surface area contributed by atoms with Gasteiger partial charge in [0.25, 0.3) is 11.8 Å². The number of rotatable bonds is 4. The molecule has 2 heterocycles. The van der Waals surface area contributed by atoms with Crippen molar-refractivity contribution in [3.05, 3.63) is 64.7 Å². The second-order valence-electron chi connectivity index (χ2n) is 10.9. The maximum atomic E-state index is 13.3. The van der Waals surface area contributed by atoms with Gasteiger partial charge < -0.3 is 25.0 Å². The van der Waals surface area contributed by atoms with E-state index in [1.807, 2.05) is 64.1 Å². The fourth-order valence-corrected chi connectivity index (χ4v) is 5.52. The zero-order valence-electron chi connectivity index (χ0n) is 21.3. The number of hydrogen-bond donors (Lipinski definition) is 2. The number of carbonyl (C=O) groups is 3. The maximum absolute atomic E-state index is 13.3. The van der Waals surface area contributed by atoms with Gasteiger partial charge in [0.1, 0.15) is 17.5 Å². The monoisotopic (exact) mass is 491 g/mol. The van der Waals surface area contributed by atoms with Crippen molar-refractivity contribution in [3.63, 3.8) is 0 Å². The van der Waals surface area contributed by atoms with Gasteiger partial charge in [0.15, 0.2) is 0 Å². The van der Waals surface area contributed by atoms with Crippen molar-refractivity contribution in [2.24, 2.45) is 11.8 Å². The predicted octanol–water partition coefficient (Wildman–Crippen LogP) is 3.55. The summed E-state index contributed by atoms with van der Waals surface area (Å²) < 4.78 is 11.6. The van der Waals surface area contributed by atoms with Gasteiger partial charge in [-0.05, 0) is 45.4 Å². The molecule has 36 heavy (non-hydrogen) atoms. The van der Waals surface area contributed by atoms with Crippen LogP contribution in [0.4, 0.5) is 4.79 Å². The molecular weight excluding hydrogens is 458 g/mol. The van der Waals surface area contributed by atoms with Gasteiger partial charge in [-0.2, -0.15) is 0 Å². The minimum atomic E-state index is -0.535. The van der Waals surface area contributed by atoms with Crippen molar-refractivity contribution >= 4 is 17.9 Å². The number of carbonyl (C=O) groups excluding carboxylic acids is 3. The molecule has 0 aromatic heterocycles. The highest BCUT2D eigenvalue weighted by Crippen LogP contribution is 2.47. The largest absolute Gasteiger partial charge is 0.489 e. The van der Waals surface area contributed by atoms with Crippen LogP contribution in [0.5, 0.6) is 5.75 Å². The Morgan fingerprint density at radius 1 is 1.03 bits per heavy atom. The van der Waals surface area contributed by atoms with Crippen molar-refractivity contribution in [2.45, 2.75) is 51.4 Å². The van der Waals surface area contributed by atoms with Gasteiger partial charge in [-0.3, -0.25) is 9.59 Å². The number of likely N-dealkylation sites (tertiary alicyclic amines) is 1. The quantitative estimate of drug-likeness (QED) is 0.682. The smallest absolute Gasteiger partial charge is 0.410 e. The zero-order valence-corrected chi connectivity index (χ0v) is 21.3. The van der Waals surface area contributed by atoms with Crippen LogP contribution in [0.1, 0.15) is 65.5 Å². The van der Waals surface area contributed by atoms with Crippen molar-refractivity contribution < 1.29 is 23.9 Å². The molecule has 0 spiro atoms. The van der Waals surface area contributed by atoms with Crippen molar-refractivity contribution in [3.8, 4) is 5.75 Å². The molecule has 5 rings (SSSR count). The molecule has 3 amide bonds. The van der Waals surface area contributed by atoms with Crippen LogP contribution in [0.2, 0.25) is 0 Å². The van der Waals surface area contributed by atoms with Gasteiger partial charge in [-0.25, -0.2) is 4.79 Å². The van der Waals surface area contributed by atoms with Crippen molar-refractivity contribution in [1.82, 2.24) is 15.5 Å².